The Kier molecular flexibility index (Phi) is 12.9. The van der Waals surface area contributed by atoms with Crippen molar-refractivity contribution in [2.75, 3.05) is 6.61 Å². The summed E-state index contributed by atoms with van der Waals surface area (Å²) in [5.41, 5.74) is -0.551. The zero-order valence-corrected chi connectivity index (χ0v) is 34.6. The highest BCUT2D eigenvalue weighted by molar-refractivity contribution is 5.76. The van der Waals surface area contributed by atoms with E-state index >= 15 is 0 Å². The van der Waals surface area contributed by atoms with E-state index in [1.165, 1.54) is 6.92 Å². The summed E-state index contributed by atoms with van der Waals surface area (Å²) in [5, 5.41) is 54.0. The number of hydrogen-bond donors (Lipinski definition) is 5. The number of rotatable bonds is 10. The lowest BCUT2D eigenvalue weighted by atomic mass is 9.79. The first-order valence-electron chi connectivity index (χ1n) is 21.7. The van der Waals surface area contributed by atoms with Gasteiger partial charge < -0.3 is 58.7 Å². The molecule has 0 bridgehead atoms. The first-order valence-corrected chi connectivity index (χ1v) is 21.7. The lowest BCUT2D eigenvalue weighted by Crippen LogP contribution is -2.60. The molecule has 7 aliphatic heterocycles. The molecular weight excluding hydrogens is 736 g/mol. The largest absolute Gasteiger partial charge is 0.479 e. The third-order valence-electron chi connectivity index (χ3n) is 14.0. The van der Waals surface area contributed by atoms with Crippen molar-refractivity contribution in [3.05, 3.63) is 36.0 Å². The predicted octanol–water partition coefficient (Wildman–Crippen LogP) is 5.21. The molecule has 0 aromatic carbocycles. The molecule has 0 aliphatic carbocycles. The van der Waals surface area contributed by atoms with E-state index < -0.39 is 71.7 Å². The van der Waals surface area contributed by atoms with Gasteiger partial charge in [0.2, 0.25) is 5.79 Å². The van der Waals surface area contributed by atoms with Crippen molar-refractivity contribution in [2.45, 2.75) is 209 Å². The number of aliphatic hydroxyl groups is 4. The number of aliphatic hydroxyl groups excluding tert-OH is 3. The van der Waals surface area contributed by atoms with Gasteiger partial charge in [-0.1, -0.05) is 45.1 Å². The average Bonchev–Trinajstić information content (AvgIpc) is 3.56. The van der Waals surface area contributed by atoms with Gasteiger partial charge >= 0.3 is 5.97 Å². The average molecular weight is 805 g/mol. The molecule has 7 aliphatic rings. The smallest absolute Gasteiger partial charge is 0.335 e. The van der Waals surface area contributed by atoms with Gasteiger partial charge in [0.1, 0.15) is 24.4 Å². The highest BCUT2D eigenvalue weighted by Gasteiger charge is 2.55. The number of carboxylic acid groups (broad SMARTS) is 1. The minimum absolute atomic E-state index is 0.0423. The van der Waals surface area contributed by atoms with Crippen LogP contribution in [0.5, 0.6) is 0 Å². The summed E-state index contributed by atoms with van der Waals surface area (Å²) in [6, 6.07) is 0. The molecule has 13 heteroatoms. The molecule has 57 heavy (non-hydrogen) atoms. The van der Waals surface area contributed by atoms with Crippen LogP contribution < -0.4 is 0 Å². The molecule has 0 unspecified atom stereocenters. The van der Waals surface area contributed by atoms with Crippen LogP contribution in [-0.4, -0.2) is 122 Å². The zero-order chi connectivity index (χ0) is 40.9. The Morgan fingerprint density at radius 1 is 1.00 bits per heavy atom. The summed E-state index contributed by atoms with van der Waals surface area (Å²) in [4.78, 5) is 11.6. The Bertz CT molecular complexity index is 1510. The topological polar surface area (TPSA) is 183 Å². The lowest BCUT2D eigenvalue weighted by Gasteiger charge is -2.50. The maximum atomic E-state index is 11.6. The van der Waals surface area contributed by atoms with Gasteiger partial charge in [-0.3, -0.25) is 0 Å². The molecule has 0 aromatic heterocycles. The summed E-state index contributed by atoms with van der Waals surface area (Å²) >= 11 is 0. The number of carbonyl (C=O) groups is 1. The van der Waals surface area contributed by atoms with E-state index in [-0.39, 0.29) is 36.6 Å². The predicted molar refractivity (Wildman–Crippen MR) is 208 cm³/mol. The first-order chi connectivity index (χ1) is 26.9. The highest BCUT2D eigenvalue weighted by atomic mass is 16.7. The van der Waals surface area contributed by atoms with Crippen LogP contribution in [0.1, 0.15) is 125 Å². The Morgan fingerprint density at radius 3 is 2.49 bits per heavy atom. The van der Waals surface area contributed by atoms with E-state index in [4.69, 9.17) is 33.2 Å². The fourth-order valence-corrected chi connectivity index (χ4v) is 10.5. The maximum Gasteiger partial charge on any atom is 0.335 e. The second kappa shape index (κ2) is 17.0. The molecule has 0 saturated carbocycles. The van der Waals surface area contributed by atoms with Crippen LogP contribution in [0.15, 0.2) is 36.0 Å². The van der Waals surface area contributed by atoms with Gasteiger partial charge in [0, 0.05) is 38.0 Å². The Hall–Kier alpha value is -1.75. The number of hydrogen-bond acceptors (Lipinski definition) is 12. The van der Waals surface area contributed by atoms with Crippen LogP contribution in [0.2, 0.25) is 0 Å². The van der Waals surface area contributed by atoms with Gasteiger partial charge in [-0.2, -0.15) is 0 Å². The Balaban J connectivity index is 0.920. The molecule has 3 spiro atoms. The molecule has 7 heterocycles. The molecule has 322 valence electrons. The van der Waals surface area contributed by atoms with Crippen LogP contribution in [-0.2, 0) is 38.0 Å². The number of ether oxygens (including phenoxy) is 7. The number of fused-ring (bicyclic) bond motifs is 1. The third kappa shape index (κ3) is 9.15. The number of carboxylic acids is 1. The normalized spacial score (nSPS) is 45.4. The molecule has 17 atom stereocenters. The Morgan fingerprint density at radius 2 is 1.75 bits per heavy atom. The molecule has 7 rings (SSSR count). The fourth-order valence-electron chi connectivity index (χ4n) is 10.5. The molecule has 6 saturated heterocycles. The van der Waals surface area contributed by atoms with Gasteiger partial charge in [0.05, 0.1) is 43.2 Å². The second-order valence-electron chi connectivity index (χ2n) is 18.9. The monoisotopic (exact) mass is 804 g/mol. The van der Waals surface area contributed by atoms with Crippen molar-refractivity contribution in [3.8, 4) is 0 Å². The number of aliphatic carboxylic acids is 1. The standard InChI is InChI=1S/C44H68O13/c1-25-21-34(55-44(23-25)35(46)12-11-31(54-44)24-41(6,50)40(48)49)26(2)9-10-30-14-18-43(53-30)19-15-33-39(57-43)36(47)29(5)38(52-33)32(45)22-28(4)37-27(3)13-17-42(56-37)16-7-8-20-51-42/h9-10,23,26-28,30-39,45-47,50H,5,7-8,11-22,24H2,1-4,6H3,(H,48,49)/b10-9+/t26-,27-,28+,30+,31+,32+,33-,34-,35-,36-,37+,38-,39-,41-,42+,43+,44+/m1/s1. The van der Waals surface area contributed by atoms with E-state index in [1.54, 1.807) is 6.08 Å². The summed E-state index contributed by atoms with van der Waals surface area (Å²) in [6.45, 7) is 14.5. The van der Waals surface area contributed by atoms with Crippen molar-refractivity contribution in [2.24, 2.45) is 17.8 Å². The van der Waals surface area contributed by atoms with E-state index in [0.717, 1.165) is 50.7 Å². The van der Waals surface area contributed by atoms with Gasteiger partial charge in [0.15, 0.2) is 17.2 Å². The Labute approximate surface area is 337 Å². The molecular formula is C44H68O13. The highest BCUT2D eigenvalue weighted by Crippen LogP contribution is 2.47. The van der Waals surface area contributed by atoms with Gasteiger partial charge in [0.25, 0.3) is 0 Å². The summed E-state index contributed by atoms with van der Waals surface area (Å²) in [6.07, 6.45) is 9.37. The molecule has 0 aromatic rings. The van der Waals surface area contributed by atoms with Gasteiger partial charge in [-0.15, -0.1) is 0 Å². The first kappa shape index (κ1) is 43.3. The summed E-state index contributed by atoms with van der Waals surface area (Å²) in [7, 11) is 0. The van der Waals surface area contributed by atoms with Crippen LogP contribution in [0.3, 0.4) is 0 Å². The van der Waals surface area contributed by atoms with Crippen LogP contribution >= 0.6 is 0 Å². The van der Waals surface area contributed by atoms with Crippen molar-refractivity contribution < 1.29 is 63.5 Å². The van der Waals surface area contributed by atoms with E-state index in [0.29, 0.717) is 56.4 Å². The minimum atomic E-state index is -1.96. The molecule has 6 fully saturated rings. The van der Waals surface area contributed by atoms with Crippen LogP contribution in [0.25, 0.3) is 0 Å². The summed E-state index contributed by atoms with van der Waals surface area (Å²) in [5.74, 6) is -3.82. The van der Waals surface area contributed by atoms with Crippen molar-refractivity contribution in [1.82, 2.24) is 0 Å². The van der Waals surface area contributed by atoms with Crippen molar-refractivity contribution >= 4 is 5.97 Å². The second-order valence-corrected chi connectivity index (χ2v) is 18.9. The molecule has 5 N–H and O–H groups in total. The van der Waals surface area contributed by atoms with Crippen molar-refractivity contribution in [3.63, 3.8) is 0 Å². The quantitative estimate of drug-likeness (QED) is 0.182. The van der Waals surface area contributed by atoms with E-state index in [2.05, 4.69) is 26.5 Å². The van der Waals surface area contributed by atoms with Gasteiger partial charge in [-0.25, -0.2) is 4.79 Å². The molecule has 0 radical (unpaired) electrons. The van der Waals surface area contributed by atoms with Crippen molar-refractivity contribution in [1.29, 1.82) is 0 Å². The summed E-state index contributed by atoms with van der Waals surface area (Å²) < 4.78 is 45.2. The van der Waals surface area contributed by atoms with E-state index in [9.17, 15) is 30.3 Å². The third-order valence-corrected chi connectivity index (χ3v) is 14.0. The maximum absolute atomic E-state index is 11.6. The lowest BCUT2D eigenvalue weighted by molar-refractivity contribution is -0.321. The SMILES string of the molecule is C=C1[C@@H](O)[C@@H]2O[C@@]3(CC[C@H](/C=C/[C@@H](C)[C@H]4CC(C)=C[C@]5(O[C@H](C[C@@](C)(O)C(=O)O)CC[C@H]5O)O4)O3)CC[C@H]2O[C@H]1[C@@H](O)C[C@H](C)[C@H]1O[C@@]2(CCCCO2)CC[C@H]1C. The van der Waals surface area contributed by atoms with Gasteiger partial charge in [-0.05, 0) is 95.1 Å². The molecule has 0 amide bonds. The fraction of sp³-hybridized carbons (Fsp3) is 0.841. The van der Waals surface area contributed by atoms with Crippen LogP contribution in [0.4, 0.5) is 0 Å². The van der Waals surface area contributed by atoms with Crippen LogP contribution in [0, 0.1) is 17.8 Å². The minimum Gasteiger partial charge on any atom is -0.479 e. The molecule has 13 nitrogen and oxygen atoms in total. The zero-order valence-electron chi connectivity index (χ0n) is 34.6. The van der Waals surface area contributed by atoms with E-state index in [1.807, 2.05) is 19.9 Å².